The smallest absolute Gasteiger partial charge is 0.252 e. The van der Waals surface area contributed by atoms with E-state index in [9.17, 15) is 19.5 Å². The Morgan fingerprint density at radius 2 is 1.44 bits per heavy atom. The van der Waals surface area contributed by atoms with Gasteiger partial charge in [-0.25, -0.2) is 9.97 Å². The molecule has 18 heavy (non-hydrogen) atoms. The lowest BCUT2D eigenvalue weighted by Crippen LogP contribution is -2.42. The van der Waals surface area contributed by atoms with Crippen LogP contribution in [0.25, 0.3) is 11.0 Å². The van der Waals surface area contributed by atoms with E-state index in [0.29, 0.717) is 11.0 Å². The Kier molecular flexibility index (Phi) is 2.08. The largest absolute Gasteiger partial charge is 0.377 e. The molecule has 1 aromatic carbocycles. The first-order valence-electron chi connectivity index (χ1n) is 5.17. The summed E-state index contributed by atoms with van der Waals surface area (Å²) >= 11 is 0. The van der Waals surface area contributed by atoms with Crippen LogP contribution < -0.4 is 0 Å². The number of carbonyl (C=O) groups excluding carboxylic acids is 3. The average Bonchev–Trinajstić information content (AvgIpc) is 2.41. The molecule has 0 spiro atoms. The Morgan fingerprint density at radius 3 is 2.06 bits per heavy atom. The molecular formula is C12H6N2O4. The van der Waals surface area contributed by atoms with Crippen molar-refractivity contribution in [1.82, 2.24) is 9.97 Å². The maximum Gasteiger partial charge on any atom is 0.252 e. The van der Waals surface area contributed by atoms with Crippen LogP contribution in [0.1, 0.15) is 21.0 Å². The first kappa shape index (κ1) is 10.7. The number of aliphatic hydroxyl groups excluding tert-OH is 1. The molecule has 6 heteroatoms. The second kappa shape index (κ2) is 3.51. The van der Waals surface area contributed by atoms with E-state index >= 15 is 0 Å². The lowest BCUT2D eigenvalue weighted by molar-refractivity contribution is -0.120. The van der Waals surface area contributed by atoms with E-state index in [0.717, 1.165) is 0 Å². The van der Waals surface area contributed by atoms with E-state index in [1.54, 1.807) is 24.3 Å². The summed E-state index contributed by atoms with van der Waals surface area (Å²) in [7, 11) is 0. The van der Waals surface area contributed by atoms with Gasteiger partial charge in [-0.1, -0.05) is 12.1 Å². The summed E-state index contributed by atoms with van der Waals surface area (Å²) in [5.41, 5.74) is 0.320. The summed E-state index contributed by atoms with van der Waals surface area (Å²) in [6, 6.07) is 6.66. The first-order valence-corrected chi connectivity index (χ1v) is 5.17. The van der Waals surface area contributed by atoms with E-state index in [-0.39, 0.29) is 11.4 Å². The summed E-state index contributed by atoms with van der Waals surface area (Å²) in [4.78, 5) is 42.6. The van der Waals surface area contributed by atoms with Gasteiger partial charge in [0, 0.05) is 0 Å². The van der Waals surface area contributed by atoms with Gasteiger partial charge in [0.2, 0.25) is 11.6 Å². The van der Waals surface area contributed by atoms with Crippen molar-refractivity contribution in [2.45, 2.75) is 6.10 Å². The highest BCUT2D eigenvalue weighted by atomic mass is 16.3. The fraction of sp³-hybridized carbons (Fsp3) is 0.0833. The molecule has 1 aliphatic carbocycles. The van der Waals surface area contributed by atoms with Crippen molar-refractivity contribution in [1.29, 1.82) is 0 Å². The predicted molar refractivity (Wildman–Crippen MR) is 59.2 cm³/mol. The van der Waals surface area contributed by atoms with Crippen LogP contribution in [0.15, 0.2) is 24.3 Å². The van der Waals surface area contributed by atoms with Crippen LogP contribution in [0.3, 0.4) is 0 Å². The summed E-state index contributed by atoms with van der Waals surface area (Å²) < 4.78 is 0. The third-order valence-corrected chi connectivity index (χ3v) is 2.74. The van der Waals surface area contributed by atoms with E-state index in [1.807, 2.05) is 0 Å². The number of ketones is 3. The monoisotopic (exact) mass is 242 g/mol. The third-order valence-electron chi connectivity index (χ3n) is 2.74. The topological polar surface area (TPSA) is 97.2 Å². The molecule has 0 amide bonds. The van der Waals surface area contributed by atoms with Crippen molar-refractivity contribution >= 4 is 28.4 Å². The van der Waals surface area contributed by atoms with Gasteiger partial charge in [0.05, 0.1) is 11.0 Å². The summed E-state index contributed by atoms with van der Waals surface area (Å²) in [6.07, 6.45) is -1.96. The fourth-order valence-electron chi connectivity index (χ4n) is 1.82. The zero-order valence-electron chi connectivity index (χ0n) is 8.95. The lowest BCUT2D eigenvalue weighted by atomic mass is 9.93. The van der Waals surface area contributed by atoms with Gasteiger partial charge in [-0.3, -0.25) is 14.4 Å². The molecule has 1 aliphatic rings. The Morgan fingerprint density at radius 1 is 0.889 bits per heavy atom. The molecular weight excluding hydrogens is 236 g/mol. The molecule has 6 nitrogen and oxygen atoms in total. The number of Topliss-reactive ketones (excluding diaryl/α,β-unsaturated/α-hetero) is 3. The van der Waals surface area contributed by atoms with Crippen LogP contribution in [0.4, 0.5) is 0 Å². The van der Waals surface area contributed by atoms with Crippen molar-refractivity contribution in [3.8, 4) is 0 Å². The Hall–Kier alpha value is -2.47. The predicted octanol–water partition coefficient (Wildman–Crippen LogP) is -0.0612. The molecule has 1 atom stereocenters. The minimum Gasteiger partial charge on any atom is -0.377 e. The van der Waals surface area contributed by atoms with Crippen LogP contribution in [0, 0.1) is 0 Å². The maximum atomic E-state index is 11.7. The quantitative estimate of drug-likeness (QED) is 0.513. The van der Waals surface area contributed by atoms with Gasteiger partial charge in [-0.15, -0.1) is 0 Å². The second-order valence-corrected chi connectivity index (χ2v) is 3.87. The summed E-state index contributed by atoms with van der Waals surface area (Å²) in [5, 5.41) is 9.35. The number of fused-ring (bicyclic) bond motifs is 2. The first-order chi connectivity index (χ1) is 8.59. The molecule has 88 valence electrons. The standard InChI is InChI=1S/C12H6N2O4/c15-9-7-8(10(16)12(18)11(9)17)14-6-4-2-1-3-5(6)13-7/h1-4,11,17H. The molecule has 1 aromatic heterocycles. The number of hydrogen-bond acceptors (Lipinski definition) is 6. The minimum absolute atomic E-state index is 0.245. The molecule has 0 aliphatic heterocycles. The Labute approximate surface area is 100 Å². The Bertz CT molecular complexity index is 723. The molecule has 1 unspecified atom stereocenters. The maximum absolute atomic E-state index is 11.7. The summed E-state index contributed by atoms with van der Waals surface area (Å²) in [6.45, 7) is 0. The highest BCUT2D eigenvalue weighted by molar-refractivity contribution is 6.52. The number of rotatable bonds is 0. The number of benzene rings is 1. The highest BCUT2D eigenvalue weighted by Crippen LogP contribution is 2.19. The van der Waals surface area contributed by atoms with E-state index in [2.05, 4.69) is 9.97 Å². The van der Waals surface area contributed by atoms with E-state index < -0.39 is 23.5 Å². The molecule has 0 saturated carbocycles. The molecule has 1 N–H and O–H groups in total. The molecule has 3 rings (SSSR count). The SMILES string of the molecule is O=C1C(=O)C(O)C(=O)c2nc3ccccc3nc21. The van der Waals surface area contributed by atoms with Crippen LogP contribution in [0.2, 0.25) is 0 Å². The number of carbonyl (C=O) groups is 3. The van der Waals surface area contributed by atoms with Gasteiger partial charge in [-0.2, -0.15) is 0 Å². The zero-order chi connectivity index (χ0) is 12.9. The van der Waals surface area contributed by atoms with Crippen molar-refractivity contribution in [3.63, 3.8) is 0 Å². The van der Waals surface area contributed by atoms with Crippen molar-refractivity contribution in [2.75, 3.05) is 0 Å². The van der Waals surface area contributed by atoms with Crippen molar-refractivity contribution in [2.24, 2.45) is 0 Å². The fourth-order valence-corrected chi connectivity index (χ4v) is 1.82. The molecule has 1 heterocycles. The van der Waals surface area contributed by atoms with Gasteiger partial charge >= 0.3 is 0 Å². The van der Waals surface area contributed by atoms with Gasteiger partial charge in [-0.05, 0) is 12.1 Å². The highest BCUT2D eigenvalue weighted by Gasteiger charge is 2.41. The number of para-hydroxylation sites is 2. The number of aliphatic hydroxyl groups is 1. The zero-order valence-corrected chi connectivity index (χ0v) is 8.95. The Balaban J connectivity index is 2.36. The molecule has 0 saturated heterocycles. The lowest BCUT2D eigenvalue weighted by Gasteiger charge is -2.15. The number of aromatic nitrogens is 2. The van der Waals surface area contributed by atoms with Gasteiger partial charge in [0.25, 0.3) is 5.78 Å². The third kappa shape index (κ3) is 1.29. The van der Waals surface area contributed by atoms with E-state index in [4.69, 9.17) is 0 Å². The van der Waals surface area contributed by atoms with Gasteiger partial charge < -0.3 is 5.11 Å². The second-order valence-electron chi connectivity index (χ2n) is 3.87. The van der Waals surface area contributed by atoms with Crippen molar-refractivity contribution in [3.05, 3.63) is 35.7 Å². The minimum atomic E-state index is -1.96. The van der Waals surface area contributed by atoms with Gasteiger partial charge in [0.15, 0.2) is 6.10 Å². The molecule has 2 aromatic rings. The van der Waals surface area contributed by atoms with Gasteiger partial charge in [0.1, 0.15) is 11.4 Å². The van der Waals surface area contributed by atoms with Crippen LogP contribution in [0.5, 0.6) is 0 Å². The average molecular weight is 242 g/mol. The van der Waals surface area contributed by atoms with Crippen LogP contribution in [-0.2, 0) is 4.79 Å². The van der Waals surface area contributed by atoms with Crippen LogP contribution >= 0.6 is 0 Å². The van der Waals surface area contributed by atoms with Crippen molar-refractivity contribution < 1.29 is 19.5 Å². The normalized spacial score (nSPS) is 19.2. The molecule has 0 fully saturated rings. The van der Waals surface area contributed by atoms with E-state index in [1.165, 1.54) is 0 Å². The number of hydrogen-bond donors (Lipinski definition) is 1. The molecule has 0 radical (unpaired) electrons. The number of nitrogens with zero attached hydrogens (tertiary/aromatic N) is 2. The van der Waals surface area contributed by atoms with Crippen LogP contribution in [-0.4, -0.2) is 38.5 Å². The molecule has 0 bridgehead atoms. The summed E-state index contributed by atoms with van der Waals surface area (Å²) in [5.74, 6) is -3.01.